The maximum Gasteiger partial charge on any atom is 0.0569 e. The molecule has 2 rings (SSSR count). The van der Waals surface area contributed by atoms with Gasteiger partial charge in [-0.25, -0.2) is 0 Å². The highest BCUT2D eigenvalue weighted by molar-refractivity contribution is 4.83. The van der Waals surface area contributed by atoms with Crippen LogP contribution in [-0.2, 0) is 11.3 Å². The molecule has 59 valence electrons. The van der Waals surface area contributed by atoms with Gasteiger partial charge < -0.3 is 4.74 Å². The van der Waals surface area contributed by atoms with Crippen LogP contribution in [0, 0.1) is 11.5 Å². The molecule has 0 saturated carbocycles. The molecule has 0 amide bonds. The first-order valence-corrected chi connectivity index (χ1v) is 3.75. The van der Waals surface area contributed by atoms with Crippen LogP contribution in [0.3, 0.4) is 0 Å². The molecule has 11 heavy (non-hydrogen) atoms. The van der Waals surface area contributed by atoms with Gasteiger partial charge in [-0.1, -0.05) is 6.92 Å². The summed E-state index contributed by atoms with van der Waals surface area (Å²) in [6.07, 6.45) is 3.55. The van der Waals surface area contributed by atoms with Crippen LogP contribution in [0.15, 0.2) is 12.4 Å². The summed E-state index contributed by atoms with van der Waals surface area (Å²) in [5.74, 6) is 0. The van der Waals surface area contributed by atoms with Crippen LogP contribution in [0.4, 0.5) is 0 Å². The highest BCUT2D eigenvalue weighted by Gasteiger charge is 2.33. The molecular formula is C8H11N2O. The molecule has 1 aromatic heterocycles. The van der Waals surface area contributed by atoms with E-state index in [1.54, 1.807) is 6.20 Å². The zero-order chi connectivity index (χ0) is 7.73. The van der Waals surface area contributed by atoms with Crippen molar-refractivity contribution in [2.45, 2.75) is 13.5 Å². The molecule has 0 spiro atoms. The van der Waals surface area contributed by atoms with Crippen molar-refractivity contribution in [3.63, 3.8) is 0 Å². The van der Waals surface area contributed by atoms with E-state index in [0.717, 1.165) is 19.8 Å². The van der Waals surface area contributed by atoms with Gasteiger partial charge in [0.25, 0.3) is 0 Å². The number of hydrogen-bond donors (Lipinski definition) is 0. The average molecular weight is 151 g/mol. The predicted molar refractivity (Wildman–Crippen MR) is 40.0 cm³/mol. The zero-order valence-electron chi connectivity index (χ0n) is 6.58. The first-order valence-electron chi connectivity index (χ1n) is 3.75. The molecule has 3 heteroatoms. The summed E-state index contributed by atoms with van der Waals surface area (Å²) in [5, 5.41) is 4.09. The van der Waals surface area contributed by atoms with E-state index in [-0.39, 0.29) is 0 Å². The summed E-state index contributed by atoms with van der Waals surface area (Å²) in [7, 11) is 0. The van der Waals surface area contributed by atoms with E-state index >= 15 is 0 Å². The Kier molecular flexibility index (Phi) is 1.46. The molecule has 0 aliphatic carbocycles. The Hall–Kier alpha value is -0.830. The molecule has 0 aromatic carbocycles. The second kappa shape index (κ2) is 2.34. The fourth-order valence-corrected chi connectivity index (χ4v) is 1.28. The summed E-state index contributed by atoms with van der Waals surface area (Å²) in [6.45, 7) is 4.86. The van der Waals surface area contributed by atoms with Crippen LogP contribution in [0.2, 0.25) is 0 Å². The Morgan fingerprint density at radius 3 is 3.00 bits per heavy atom. The van der Waals surface area contributed by atoms with Crippen molar-refractivity contribution in [2.24, 2.45) is 5.41 Å². The molecule has 1 radical (unpaired) electrons. The lowest BCUT2D eigenvalue weighted by molar-refractivity contribution is -0.111. The van der Waals surface area contributed by atoms with Gasteiger partial charge in [-0.3, -0.25) is 4.68 Å². The molecule has 0 unspecified atom stereocenters. The van der Waals surface area contributed by atoms with Crippen LogP contribution in [-0.4, -0.2) is 23.0 Å². The van der Waals surface area contributed by atoms with E-state index < -0.39 is 0 Å². The van der Waals surface area contributed by atoms with E-state index in [4.69, 9.17) is 4.74 Å². The van der Waals surface area contributed by atoms with Gasteiger partial charge in [0.05, 0.1) is 26.0 Å². The Morgan fingerprint density at radius 1 is 1.73 bits per heavy atom. The van der Waals surface area contributed by atoms with E-state index in [9.17, 15) is 0 Å². The minimum absolute atomic E-state index is 0.305. The molecular weight excluding hydrogens is 140 g/mol. The lowest BCUT2D eigenvalue weighted by atomic mass is 9.89. The van der Waals surface area contributed by atoms with E-state index in [1.807, 2.05) is 10.9 Å². The molecule has 0 bridgehead atoms. The van der Waals surface area contributed by atoms with E-state index in [1.165, 1.54) is 0 Å². The fraction of sp³-hybridized carbons (Fsp3) is 0.625. The second-order valence-electron chi connectivity index (χ2n) is 3.44. The number of nitrogens with zero attached hydrogens (tertiary/aromatic N) is 2. The number of ether oxygens (including phenoxy) is 1. The van der Waals surface area contributed by atoms with Crippen LogP contribution in [0.25, 0.3) is 0 Å². The maximum atomic E-state index is 5.14. The lowest BCUT2D eigenvalue weighted by Gasteiger charge is -2.37. The van der Waals surface area contributed by atoms with Gasteiger partial charge in [0, 0.05) is 17.7 Å². The van der Waals surface area contributed by atoms with Crippen LogP contribution < -0.4 is 0 Å². The topological polar surface area (TPSA) is 27.1 Å². The van der Waals surface area contributed by atoms with Gasteiger partial charge in [0.2, 0.25) is 0 Å². The summed E-state index contributed by atoms with van der Waals surface area (Å²) < 4.78 is 7.04. The lowest BCUT2D eigenvalue weighted by Crippen LogP contribution is -2.43. The summed E-state index contributed by atoms with van der Waals surface area (Å²) in [6, 6.07) is 2.91. The standard InChI is InChI=1S/C8H11N2O/c1-8(6-11-7-8)5-10-4-2-3-9-10/h3-4H,5-7H2,1H3. The Bertz CT molecular complexity index is 226. The van der Waals surface area contributed by atoms with Gasteiger partial charge >= 0.3 is 0 Å². The van der Waals surface area contributed by atoms with Crippen molar-refractivity contribution in [2.75, 3.05) is 13.2 Å². The highest BCUT2D eigenvalue weighted by atomic mass is 16.5. The molecule has 2 heterocycles. The molecule has 1 saturated heterocycles. The SMILES string of the molecule is CC1(Cn2c[c]cn2)COC1. The molecule has 0 atom stereocenters. The molecule has 1 aliphatic heterocycles. The Morgan fingerprint density at radius 2 is 2.55 bits per heavy atom. The first kappa shape index (κ1) is 6.85. The maximum absolute atomic E-state index is 5.14. The van der Waals surface area contributed by atoms with Crippen molar-refractivity contribution < 1.29 is 4.74 Å². The average Bonchev–Trinajstić information content (AvgIpc) is 2.36. The minimum atomic E-state index is 0.305. The van der Waals surface area contributed by atoms with Gasteiger partial charge in [0.1, 0.15) is 0 Å². The summed E-state index contributed by atoms with van der Waals surface area (Å²) >= 11 is 0. The van der Waals surface area contributed by atoms with Crippen LogP contribution >= 0.6 is 0 Å². The third-order valence-electron chi connectivity index (χ3n) is 1.95. The van der Waals surface area contributed by atoms with Crippen molar-refractivity contribution >= 4 is 0 Å². The van der Waals surface area contributed by atoms with Gasteiger partial charge in [-0.15, -0.1) is 0 Å². The van der Waals surface area contributed by atoms with Crippen molar-refractivity contribution in [3.05, 3.63) is 18.5 Å². The van der Waals surface area contributed by atoms with Gasteiger partial charge in [-0.05, 0) is 0 Å². The zero-order valence-corrected chi connectivity index (χ0v) is 6.58. The van der Waals surface area contributed by atoms with Crippen molar-refractivity contribution in [1.82, 2.24) is 9.78 Å². The largest absolute Gasteiger partial charge is 0.380 e. The number of hydrogen-bond acceptors (Lipinski definition) is 2. The van der Waals surface area contributed by atoms with Crippen molar-refractivity contribution in [3.8, 4) is 0 Å². The molecule has 1 aromatic rings. The summed E-state index contributed by atoms with van der Waals surface area (Å²) in [4.78, 5) is 0. The Balaban J connectivity index is 2.00. The summed E-state index contributed by atoms with van der Waals surface area (Å²) in [5.41, 5.74) is 0.305. The van der Waals surface area contributed by atoms with Gasteiger partial charge in [0.15, 0.2) is 0 Å². The monoisotopic (exact) mass is 151 g/mol. The second-order valence-corrected chi connectivity index (χ2v) is 3.44. The number of aromatic nitrogens is 2. The normalized spacial score (nSPS) is 21.2. The smallest absolute Gasteiger partial charge is 0.0569 e. The first-order chi connectivity index (χ1) is 5.29. The highest BCUT2D eigenvalue weighted by Crippen LogP contribution is 2.27. The Labute approximate surface area is 66.0 Å². The molecule has 0 N–H and O–H groups in total. The molecule has 1 aliphatic rings. The third-order valence-corrected chi connectivity index (χ3v) is 1.95. The van der Waals surface area contributed by atoms with Crippen molar-refractivity contribution in [1.29, 1.82) is 0 Å². The number of rotatable bonds is 2. The predicted octanol–water partition coefficient (Wildman–Crippen LogP) is 0.720. The van der Waals surface area contributed by atoms with Crippen LogP contribution in [0.1, 0.15) is 6.92 Å². The minimum Gasteiger partial charge on any atom is -0.380 e. The quantitative estimate of drug-likeness (QED) is 0.622. The molecule has 1 fully saturated rings. The fourth-order valence-electron chi connectivity index (χ4n) is 1.28. The third kappa shape index (κ3) is 1.28. The van der Waals surface area contributed by atoms with Gasteiger partial charge in [-0.2, -0.15) is 5.10 Å². The van der Waals surface area contributed by atoms with Crippen LogP contribution in [0.5, 0.6) is 0 Å². The van der Waals surface area contributed by atoms with E-state index in [0.29, 0.717) is 5.41 Å². The van der Waals surface area contributed by atoms with E-state index in [2.05, 4.69) is 18.1 Å². The molecule has 3 nitrogen and oxygen atoms in total.